The third-order valence-electron chi connectivity index (χ3n) is 3.24. The number of ether oxygens (including phenoxy) is 1. The summed E-state index contributed by atoms with van der Waals surface area (Å²) in [4.78, 5) is 27.1. The molecular weight excluding hydrogens is 322 g/mol. The van der Waals surface area contributed by atoms with Gasteiger partial charge in [0.15, 0.2) is 0 Å². The molecule has 2 aromatic rings. The molecule has 0 aliphatic heterocycles. The minimum absolute atomic E-state index is 0.0418. The fourth-order valence-electron chi connectivity index (χ4n) is 2.34. The van der Waals surface area contributed by atoms with Crippen LogP contribution in [0, 0.1) is 0 Å². The molecule has 0 spiro atoms. The van der Waals surface area contributed by atoms with E-state index in [4.69, 9.17) is 15.6 Å². The van der Waals surface area contributed by atoms with Crippen molar-refractivity contribution in [2.75, 3.05) is 0 Å². The first-order chi connectivity index (χ1) is 11.7. The summed E-state index contributed by atoms with van der Waals surface area (Å²) in [5.41, 5.74) is 6.59. The Bertz CT molecular complexity index is 731. The van der Waals surface area contributed by atoms with Gasteiger partial charge >= 0.3 is 11.9 Å². The molecule has 0 saturated heterocycles. The van der Waals surface area contributed by atoms with E-state index in [-0.39, 0.29) is 18.9 Å². The molecule has 0 aromatic carbocycles. The topological polar surface area (TPSA) is 107 Å². The Morgan fingerprint density at radius 2 is 2.00 bits per heavy atom. The van der Waals surface area contributed by atoms with Gasteiger partial charge in [-0.15, -0.1) is 0 Å². The number of carbonyl (C=O) groups excluding carboxylic acids is 1. The molecule has 0 fully saturated rings. The zero-order valence-electron chi connectivity index (χ0n) is 15.4. The molecule has 0 saturated carbocycles. The van der Waals surface area contributed by atoms with E-state index in [0.717, 1.165) is 16.5 Å². The second-order valence-corrected chi connectivity index (χ2v) is 6.41. The second-order valence-electron chi connectivity index (χ2n) is 6.41. The minimum atomic E-state index is -1.07. The van der Waals surface area contributed by atoms with Gasteiger partial charge in [-0.2, -0.15) is 0 Å². The number of fused-ring (bicyclic) bond motifs is 1. The normalized spacial score (nSPS) is 12.2. The molecule has 0 aliphatic carbocycles. The van der Waals surface area contributed by atoms with Crippen LogP contribution in [0.15, 0.2) is 24.7 Å². The lowest BCUT2D eigenvalue weighted by Crippen LogP contribution is -2.32. The van der Waals surface area contributed by atoms with Crippen LogP contribution >= 0.6 is 0 Å². The lowest BCUT2D eigenvalue weighted by atomic mass is 10.1. The Balaban J connectivity index is 0.00000151. The van der Waals surface area contributed by atoms with Crippen molar-refractivity contribution in [2.24, 2.45) is 5.73 Å². The van der Waals surface area contributed by atoms with Crippen molar-refractivity contribution in [1.82, 2.24) is 9.55 Å². The third kappa shape index (κ3) is 5.86. The van der Waals surface area contributed by atoms with Crippen LogP contribution in [0.25, 0.3) is 10.9 Å². The van der Waals surface area contributed by atoms with Gasteiger partial charge in [-0.05, 0) is 32.4 Å². The van der Waals surface area contributed by atoms with Crippen LogP contribution in [0.1, 0.15) is 40.2 Å². The number of hydrogen-bond donors (Lipinski definition) is 2. The summed E-state index contributed by atoms with van der Waals surface area (Å²) in [6.45, 7) is 9.46. The van der Waals surface area contributed by atoms with E-state index in [2.05, 4.69) is 4.98 Å². The number of nitrogens with two attached hydrogens (primary N) is 1. The van der Waals surface area contributed by atoms with E-state index < -0.39 is 17.6 Å². The van der Waals surface area contributed by atoms with Crippen molar-refractivity contribution >= 4 is 22.8 Å². The molecule has 0 radical (unpaired) electrons. The number of esters is 1. The molecule has 0 aliphatic rings. The number of carbonyl (C=O) groups is 2. The Kier molecular flexibility index (Phi) is 7.11. The predicted molar refractivity (Wildman–Crippen MR) is 96.2 cm³/mol. The van der Waals surface area contributed by atoms with Gasteiger partial charge in [-0.25, -0.2) is 0 Å². The SMILES string of the molecule is CC.CC(C)(C)OC(=O)Cn1cc(CC(N)C(=O)O)c2cnccc21. The molecule has 7 nitrogen and oxygen atoms in total. The molecule has 0 bridgehead atoms. The van der Waals surface area contributed by atoms with Gasteiger partial charge in [0, 0.05) is 30.4 Å². The van der Waals surface area contributed by atoms with Gasteiger partial charge in [-0.1, -0.05) is 13.8 Å². The monoisotopic (exact) mass is 349 g/mol. The molecule has 2 heterocycles. The standard InChI is InChI=1S/C16H21N3O4.C2H6/c1-16(2,3)23-14(20)9-19-8-10(6-12(17)15(21)22)11-7-18-5-4-13(11)19;1-2/h4-5,7-8,12H,6,9,17H2,1-3H3,(H,21,22);1-2H3. The highest BCUT2D eigenvalue weighted by molar-refractivity contribution is 5.85. The first-order valence-corrected chi connectivity index (χ1v) is 8.29. The number of carboxylic acid groups (broad SMARTS) is 1. The summed E-state index contributed by atoms with van der Waals surface area (Å²) in [5.74, 6) is -1.43. The molecule has 2 rings (SSSR count). The smallest absolute Gasteiger partial charge is 0.326 e. The van der Waals surface area contributed by atoms with Crippen molar-refractivity contribution in [3.8, 4) is 0 Å². The highest BCUT2D eigenvalue weighted by Crippen LogP contribution is 2.22. The van der Waals surface area contributed by atoms with E-state index >= 15 is 0 Å². The number of pyridine rings is 1. The Morgan fingerprint density at radius 3 is 2.56 bits per heavy atom. The molecule has 2 aromatic heterocycles. The maximum Gasteiger partial charge on any atom is 0.326 e. The van der Waals surface area contributed by atoms with Crippen molar-refractivity contribution < 1.29 is 19.4 Å². The van der Waals surface area contributed by atoms with Crippen LogP contribution in [0.3, 0.4) is 0 Å². The predicted octanol–water partition coefficient (Wildman–Crippen LogP) is 2.36. The van der Waals surface area contributed by atoms with Crippen LogP contribution in [-0.2, 0) is 27.3 Å². The van der Waals surface area contributed by atoms with E-state index in [1.807, 2.05) is 13.8 Å². The number of hydrogen-bond acceptors (Lipinski definition) is 5. The third-order valence-corrected chi connectivity index (χ3v) is 3.24. The van der Waals surface area contributed by atoms with Gasteiger partial charge in [0.05, 0.1) is 5.52 Å². The highest BCUT2D eigenvalue weighted by atomic mass is 16.6. The first-order valence-electron chi connectivity index (χ1n) is 8.29. The highest BCUT2D eigenvalue weighted by Gasteiger charge is 2.20. The molecule has 3 N–H and O–H groups in total. The van der Waals surface area contributed by atoms with Gasteiger partial charge in [0.2, 0.25) is 0 Å². The summed E-state index contributed by atoms with van der Waals surface area (Å²) in [6, 6.07) is 0.769. The number of aromatic nitrogens is 2. The zero-order valence-corrected chi connectivity index (χ0v) is 15.4. The average molecular weight is 349 g/mol. The summed E-state index contributed by atoms with van der Waals surface area (Å²) in [6.07, 6.45) is 5.16. The largest absolute Gasteiger partial charge is 0.480 e. The molecule has 25 heavy (non-hydrogen) atoms. The number of carboxylic acids is 1. The number of nitrogens with zero attached hydrogens (tertiary/aromatic N) is 2. The quantitative estimate of drug-likeness (QED) is 0.802. The molecular formula is C18H27N3O4. The number of rotatable bonds is 5. The fourth-order valence-corrected chi connectivity index (χ4v) is 2.34. The molecule has 7 heteroatoms. The van der Waals surface area contributed by atoms with Crippen molar-refractivity contribution in [3.05, 3.63) is 30.2 Å². The second kappa shape index (κ2) is 8.62. The lowest BCUT2D eigenvalue weighted by molar-refractivity contribution is -0.155. The van der Waals surface area contributed by atoms with E-state index in [9.17, 15) is 9.59 Å². The Hall–Kier alpha value is -2.41. The van der Waals surface area contributed by atoms with Gasteiger partial charge in [-0.3, -0.25) is 14.6 Å². The summed E-state index contributed by atoms with van der Waals surface area (Å²) in [7, 11) is 0. The number of aliphatic carboxylic acids is 1. The molecule has 138 valence electrons. The van der Waals surface area contributed by atoms with Gasteiger partial charge < -0.3 is 20.1 Å². The van der Waals surface area contributed by atoms with Crippen LogP contribution < -0.4 is 5.73 Å². The maximum atomic E-state index is 12.0. The summed E-state index contributed by atoms with van der Waals surface area (Å²) in [5, 5.41) is 9.76. The average Bonchev–Trinajstić information content (AvgIpc) is 2.85. The Labute approximate surface area is 147 Å². The van der Waals surface area contributed by atoms with Gasteiger partial charge in [0.25, 0.3) is 0 Å². The summed E-state index contributed by atoms with van der Waals surface area (Å²) >= 11 is 0. The van der Waals surface area contributed by atoms with Crippen molar-refractivity contribution in [3.63, 3.8) is 0 Å². The Morgan fingerprint density at radius 1 is 1.36 bits per heavy atom. The summed E-state index contributed by atoms with van der Waals surface area (Å²) < 4.78 is 7.06. The van der Waals surface area contributed by atoms with Crippen LogP contribution in [0.2, 0.25) is 0 Å². The van der Waals surface area contributed by atoms with Gasteiger partial charge in [0.1, 0.15) is 18.2 Å². The van der Waals surface area contributed by atoms with Crippen molar-refractivity contribution in [1.29, 1.82) is 0 Å². The van der Waals surface area contributed by atoms with E-state index in [1.54, 1.807) is 50.0 Å². The molecule has 1 atom stereocenters. The van der Waals surface area contributed by atoms with Crippen LogP contribution in [-0.4, -0.2) is 38.2 Å². The molecule has 0 amide bonds. The van der Waals surface area contributed by atoms with Crippen LogP contribution in [0.4, 0.5) is 0 Å². The van der Waals surface area contributed by atoms with Crippen LogP contribution in [0.5, 0.6) is 0 Å². The van der Waals surface area contributed by atoms with Crippen molar-refractivity contribution in [2.45, 2.75) is 59.2 Å². The fraction of sp³-hybridized carbons (Fsp3) is 0.500. The minimum Gasteiger partial charge on any atom is -0.480 e. The lowest BCUT2D eigenvalue weighted by Gasteiger charge is -2.19. The maximum absolute atomic E-state index is 12.0. The van der Waals surface area contributed by atoms with E-state index in [0.29, 0.717) is 0 Å². The zero-order chi connectivity index (χ0) is 19.2. The first kappa shape index (κ1) is 20.6. The van der Waals surface area contributed by atoms with E-state index in [1.165, 1.54) is 0 Å². The molecule has 1 unspecified atom stereocenters.